The van der Waals surface area contributed by atoms with Crippen LogP contribution in [0.4, 0.5) is 4.39 Å². The maximum Gasteiger partial charge on any atom is 0.168 e. The molecule has 0 atom stereocenters. The summed E-state index contributed by atoms with van der Waals surface area (Å²) in [6, 6.07) is 10.5. The van der Waals surface area contributed by atoms with Gasteiger partial charge >= 0.3 is 0 Å². The van der Waals surface area contributed by atoms with Crippen molar-refractivity contribution >= 4 is 11.6 Å². The highest BCUT2D eigenvalue weighted by Gasteiger charge is 2.12. The Morgan fingerprint density at radius 3 is 2.62 bits per heavy atom. The van der Waals surface area contributed by atoms with E-state index in [2.05, 4.69) is 12.2 Å². The first-order valence-electron chi connectivity index (χ1n) is 7.04. The third-order valence-electron chi connectivity index (χ3n) is 3.18. The maximum atomic E-state index is 14.1. The molecule has 2 aromatic rings. The van der Waals surface area contributed by atoms with Gasteiger partial charge in [-0.15, -0.1) is 0 Å². The lowest BCUT2D eigenvalue weighted by molar-refractivity contribution is 0.433. The van der Waals surface area contributed by atoms with Crippen molar-refractivity contribution in [1.29, 1.82) is 0 Å². The standard InChI is InChI=1S/C17H19ClFNO/c1-3-10-20-11-13-14(18)7-5-8-15(13)21-16-9-4-6-12(2)17(16)19/h4-9,20H,3,10-11H2,1-2H3. The molecule has 0 aromatic heterocycles. The van der Waals surface area contributed by atoms with E-state index in [-0.39, 0.29) is 11.6 Å². The van der Waals surface area contributed by atoms with Crippen LogP contribution in [-0.2, 0) is 6.54 Å². The smallest absolute Gasteiger partial charge is 0.168 e. The van der Waals surface area contributed by atoms with Crippen molar-refractivity contribution in [1.82, 2.24) is 5.32 Å². The molecule has 1 N–H and O–H groups in total. The lowest BCUT2D eigenvalue weighted by atomic mass is 10.2. The summed E-state index contributed by atoms with van der Waals surface area (Å²) in [6.45, 7) is 5.29. The maximum absolute atomic E-state index is 14.1. The van der Waals surface area contributed by atoms with Gasteiger partial charge in [-0.1, -0.05) is 36.7 Å². The molecular weight excluding hydrogens is 289 g/mol. The van der Waals surface area contributed by atoms with Gasteiger partial charge in [0.1, 0.15) is 5.75 Å². The summed E-state index contributed by atoms with van der Waals surface area (Å²) in [5.41, 5.74) is 1.40. The Bertz CT molecular complexity index is 616. The molecule has 0 radical (unpaired) electrons. The third-order valence-corrected chi connectivity index (χ3v) is 3.53. The predicted molar refractivity (Wildman–Crippen MR) is 84.7 cm³/mol. The summed E-state index contributed by atoms with van der Waals surface area (Å²) >= 11 is 6.23. The molecule has 2 nitrogen and oxygen atoms in total. The van der Waals surface area contributed by atoms with Crippen LogP contribution in [0.2, 0.25) is 5.02 Å². The normalized spacial score (nSPS) is 10.7. The number of hydrogen-bond donors (Lipinski definition) is 1. The number of hydrogen-bond acceptors (Lipinski definition) is 2. The van der Waals surface area contributed by atoms with E-state index in [0.29, 0.717) is 22.9 Å². The Labute approximate surface area is 129 Å². The van der Waals surface area contributed by atoms with Crippen LogP contribution >= 0.6 is 11.6 Å². The Balaban J connectivity index is 2.27. The number of aryl methyl sites for hydroxylation is 1. The third kappa shape index (κ3) is 3.96. The topological polar surface area (TPSA) is 21.3 Å². The zero-order valence-corrected chi connectivity index (χ0v) is 13.0. The molecule has 0 heterocycles. The number of nitrogens with one attached hydrogen (secondary N) is 1. The average Bonchev–Trinajstić information content (AvgIpc) is 2.47. The van der Waals surface area contributed by atoms with Gasteiger partial charge in [0.25, 0.3) is 0 Å². The van der Waals surface area contributed by atoms with Crippen LogP contribution in [0.15, 0.2) is 36.4 Å². The first kappa shape index (κ1) is 15.8. The molecule has 112 valence electrons. The molecule has 0 aliphatic heterocycles. The van der Waals surface area contributed by atoms with Crippen LogP contribution in [0, 0.1) is 12.7 Å². The van der Waals surface area contributed by atoms with Gasteiger partial charge in [-0.2, -0.15) is 0 Å². The van der Waals surface area contributed by atoms with Crippen LogP contribution in [0.25, 0.3) is 0 Å². The lowest BCUT2D eigenvalue weighted by Crippen LogP contribution is -2.14. The first-order chi connectivity index (χ1) is 10.1. The molecule has 0 spiro atoms. The van der Waals surface area contributed by atoms with Crippen LogP contribution in [-0.4, -0.2) is 6.54 Å². The van der Waals surface area contributed by atoms with Crippen LogP contribution in [0.5, 0.6) is 11.5 Å². The summed E-state index contributed by atoms with van der Waals surface area (Å²) in [6.07, 6.45) is 1.03. The Morgan fingerprint density at radius 1 is 1.14 bits per heavy atom. The second-order valence-corrected chi connectivity index (χ2v) is 5.29. The van der Waals surface area contributed by atoms with Crippen molar-refractivity contribution in [3.8, 4) is 11.5 Å². The molecule has 0 aliphatic rings. The number of rotatable bonds is 6. The molecule has 4 heteroatoms. The molecule has 0 unspecified atom stereocenters. The number of ether oxygens (including phenoxy) is 1. The number of halogens is 2. The summed E-state index contributed by atoms with van der Waals surface area (Å²) < 4.78 is 19.8. The van der Waals surface area contributed by atoms with Crippen LogP contribution in [0.3, 0.4) is 0 Å². The molecule has 0 fully saturated rings. The van der Waals surface area contributed by atoms with Crippen LogP contribution in [0.1, 0.15) is 24.5 Å². The zero-order chi connectivity index (χ0) is 15.2. The second kappa shape index (κ2) is 7.43. The van der Waals surface area contributed by atoms with Gasteiger partial charge in [0.2, 0.25) is 0 Å². The fraction of sp³-hybridized carbons (Fsp3) is 0.294. The van der Waals surface area contributed by atoms with Gasteiger partial charge < -0.3 is 10.1 Å². The minimum atomic E-state index is -0.343. The van der Waals surface area contributed by atoms with Crippen molar-refractivity contribution in [3.05, 3.63) is 58.4 Å². The highest BCUT2D eigenvalue weighted by Crippen LogP contribution is 2.32. The van der Waals surface area contributed by atoms with E-state index in [1.165, 1.54) is 0 Å². The molecule has 0 bridgehead atoms. The van der Waals surface area contributed by atoms with Crippen molar-refractivity contribution in [2.45, 2.75) is 26.8 Å². The summed E-state index contributed by atoms with van der Waals surface area (Å²) in [7, 11) is 0. The SMILES string of the molecule is CCCNCc1c(Cl)cccc1Oc1cccc(C)c1F. The monoisotopic (exact) mass is 307 g/mol. The minimum absolute atomic E-state index is 0.217. The van der Waals surface area contributed by atoms with Gasteiger partial charge in [-0.05, 0) is 43.7 Å². The van der Waals surface area contributed by atoms with Crippen molar-refractivity contribution in [3.63, 3.8) is 0 Å². The van der Waals surface area contributed by atoms with E-state index >= 15 is 0 Å². The Hall–Kier alpha value is -1.58. The van der Waals surface area contributed by atoms with E-state index in [1.807, 2.05) is 6.07 Å². The predicted octanol–water partition coefficient (Wildman–Crippen LogP) is 5.08. The highest BCUT2D eigenvalue weighted by molar-refractivity contribution is 6.31. The molecule has 0 aliphatic carbocycles. The second-order valence-electron chi connectivity index (χ2n) is 4.88. The molecule has 2 rings (SSSR count). The van der Waals surface area contributed by atoms with Crippen LogP contribution < -0.4 is 10.1 Å². The lowest BCUT2D eigenvalue weighted by Gasteiger charge is -2.14. The summed E-state index contributed by atoms with van der Waals surface area (Å²) in [5.74, 6) is 0.453. The van der Waals surface area contributed by atoms with E-state index in [1.54, 1.807) is 37.3 Å². The highest BCUT2D eigenvalue weighted by atomic mass is 35.5. The molecular formula is C17H19ClFNO. The van der Waals surface area contributed by atoms with Crippen molar-refractivity contribution < 1.29 is 9.13 Å². The fourth-order valence-corrected chi connectivity index (χ4v) is 2.25. The minimum Gasteiger partial charge on any atom is -0.454 e. The zero-order valence-electron chi connectivity index (χ0n) is 12.2. The quantitative estimate of drug-likeness (QED) is 0.751. The van der Waals surface area contributed by atoms with E-state index in [9.17, 15) is 4.39 Å². The summed E-state index contributed by atoms with van der Waals surface area (Å²) in [4.78, 5) is 0. The average molecular weight is 308 g/mol. The van der Waals surface area contributed by atoms with Gasteiger partial charge in [0.05, 0.1) is 0 Å². The Kier molecular flexibility index (Phi) is 5.59. The van der Waals surface area contributed by atoms with Gasteiger partial charge in [0, 0.05) is 17.1 Å². The molecule has 0 amide bonds. The van der Waals surface area contributed by atoms with E-state index in [4.69, 9.17) is 16.3 Å². The van der Waals surface area contributed by atoms with Gasteiger partial charge in [-0.3, -0.25) is 0 Å². The molecule has 0 saturated heterocycles. The molecule has 2 aromatic carbocycles. The van der Waals surface area contributed by atoms with E-state index < -0.39 is 0 Å². The largest absolute Gasteiger partial charge is 0.454 e. The first-order valence-corrected chi connectivity index (χ1v) is 7.42. The fourth-order valence-electron chi connectivity index (χ4n) is 2.01. The van der Waals surface area contributed by atoms with Gasteiger partial charge in [-0.25, -0.2) is 4.39 Å². The van der Waals surface area contributed by atoms with Crippen molar-refractivity contribution in [2.24, 2.45) is 0 Å². The summed E-state index contributed by atoms with van der Waals surface area (Å²) in [5, 5.41) is 3.90. The van der Waals surface area contributed by atoms with Gasteiger partial charge in [0.15, 0.2) is 11.6 Å². The van der Waals surface area contributed by atoms with Crippen molar-refractivity contribution in [2.75, 3.05) is 6.54 Å². The molecule has 21 heavy (non-hydrogen) atoms. The Morgan fingerprint density at radius 2 is 1.86 bits per heavy atom. The number of benzene rings is 2. The van der Waals surface area contributed by atoms with E-state index in [0.717, 1.165) is 18.5 Å². The molecule has 0 saturated carbocycles.